The summed E-state index contributed by atoms with van der Waals surface area (Å²) in [5.74, 6) is 0.0685. The van der Waals surface area contributed by atoms with Gasteiger partial charge in [-0.25, -0.2) is 10.4 Å². The van der Waals surface area contributed by atoms with Crippen LogP contribution in [0.4, 0.5) is 14.7 Å². The Kier molecular flexibility index (Phi) is 5.88. The first-order chi connectivity index (χ1) is 11.9. The van der Waals surface area contributed by atoms with Crippen LogP contribution in [-0.2, 0) is 0 Å². The summed E-state index contributed by atoms with van der Waals surface area (Å²) in [5.41, 5.74) is 3.26. The fourth-order valence-electron chi connectivity index (χ4n) is 1.98. The zero-order valence-electron chi connectivity index (χ0n) is 13.7. The summed E-state index contributed by atoms with van der Waals surface area (Å²) >= 11 is 0. The van der Waals surface area contributed by atoms with Crippen LogP contribution in [0.15, 0.2) is 28.1 Å². The molecule has 1 aromatic heterocycles. The second-order valence-electron chi connectivity index (χ2n) is 4.74. The number of anilines is 1. The molecule has 2 aromatic rings. The van der Waals surface area contributed by atoms with E-state index in [1.165, 1.54) is 38.6 Å². The van der Waals surface area contributed by atoms with Crippen LogP contribution in [0.5, 0.6) is 17.2 Å². The Balaban J connectivity index is 2.25. The molecule has 0 aliphatic rings. The van der Waals surface area contributed by atoms with E-state index in [0.717, 1.165) is 0 Å². The number of ether oxygens (including phenoxy) is 3. The van der Waals surface area contributed by atoms with Crippen LogP contribution in [-0.4, -0.2) is 37.0 Å². The molecule has 1 heterocycles. The maximum Gasteiger partial charge on any atom is 0.387 e. The lowest BCUT2D eigenvalue weighted by atomic mass is 10.2. The first kappa shape index (κ1) is 18.2. The molecule has 0 fully saturated rings. The van der Waals surface area contributed by atoms with Gasteiger partial charge in [-0.2, -0.15) is 13.9 Å². The number of rotatable bonds is 7. The first-order valence-corrected chi connectivity index (χ1v) is 7.00. The molecule has 10 heteroatoms. The van der Waals surface area contributed by atoms with Gasteiger partial charge < -0.3 is 14.2 Å². The molecular formula is C15H16F2N4O4. The molecule has 0 unspecified atom stereocenters. The number of hydrogen-bond acceptors (Lipinski definition) is 7. The van der Waals surface area contributed by atoms with Gasteiger partial charge >= 0.3 is 6.61 Å². The number of hydrogen-bond donors (Lipinski definition) is 2. The number of aromatic amines is 1. The number of benzene rings is 1. The number of nitrogens with one attached hydrogen (secondary N) is 2. The lowest BCUT2D eigenvalue weighted by molar-refractivity contribution is -0.0526. The summed E-state index contributed by atoms with van der Waals surface area (Å²) in [4.78, 5) is 17.9. The molecule has 134 valence electrons. The number of hydrazone groups is 1. The van der Waals surface area contributed by atoms with Crippen molar-refractivity contribution in [3.8, 4) is 17.2 Å². The summed E-state index contributed by atoms with van der Waals surface area (Å²) in [6.45, 7) is -1.35. The van der Waals surface area contributed by atoms with Gasteiger partial charge in [-0.1, -0.05) is 0 Å². The van der Waals surface area contributed by atoms with Crippen LogP contribution in [0.1, 0.15) is 11.3 Å². The van der Waals surface area contributed by atoms with Gasteiger partial charge in [-0.3, -0.25) is 9.78 Å². The maximum atomic E-state index is 12.5. The van der Waals surface area contributed by atoms with Crippen molar-refractivity contribution < 1.29 is 23.0 Å². The topological polar surface area (TPSA) is 97.8 Å². The Morgan fingerprint density at radius 3 is 2.40 bits per heavy atom. The molecule has 0 amide bonds. The monoisotopic (exact) mass is 354 g/mol. The molecular weight excluding hydrogens is 338 g/mol. The van der Waals surface area contributed by atoms with Gasteiger partial charge in [0, 0.05) is 17.3 Å². The number of methoxy groups -OCH3 is 2. The smallest absolute Gasteiger partial charge is 0.387 e. The summed E-state index contributed by atoms with van der Waals surface area (Å²) in [6, 6.07) is 4.22. The van der Waals surface area contributed by atoms with Crippen LogP contribution in [0.2, 0.25) is 0 Å². The highest BCUT2D eigenvalue weighted by molar-refractivity contribution is 5.82. The van der Waals surface area contributed by atoms with Gasteiger partial charge in [0.1, 0.15) is 0 Å². The normalized spacial score (nSPS) is 11.0. The van der Waals surface area contributed by atoms with Crippen molar-refractivity contribution in [2.45, 2.75) is 13.5 Å². The Labute approximate surface area is 141 Å². The zero-order chi connectivity index (χ0) is 18.4. The average Bonchev–Trinajstić information content (AvgIpc) is 2.54. The summed E-state index contributed by atoms with van der Waals surface area (Å²) < 4.78 is 39.5. The zero-order valence-corrected chi connectivity index (χ0v) is 13.7. The molecule has 1 aromatic carbocycles. The Hall–Kier alpha value is -3.17. The second kappa shape index (κ2) is 8.08. The van der Waals surface area contributed by atoms with Crippen molar-refractivity contribution in [2.75, 3.05) is 19.6 Å². The molecule has 0 radical (unpaired) electrons. The molecule has 0 spiro atoms. The second-order valence-corrected chi connectivity index (χ2v) is 4.74. The largest absolute Gasteiger partial charge is 0.493 e. The highest BCUT2D eigenvalue weighted by Crippen LogP contribution is 2.39. The Bertz CT molecular complexity index is 798. The minimum atomic E-state index is -3.02. The van der Waals surface area contributed by atoms with Crippen LogP contribution in [0, 0.1) is 6.92 Å². The fourth-order valence-corrected chi connectivity index (χ4v) is 1.98. The molecule has 0 bridgehead atoms. The van der Waals surface area contributed by atoms with Crippen molar-refractivity contribution in [3.05, 3.63) is 39.8 Å². The number of halogens is 2. The number of nitrogens with zero attached hydrogens (tertiary/aromatic N) is 2. The van der Waals surface area contributed by atoms with Crippen molar-refractivity contribution in [1.29, 1.82) is 0 Å². The lowest BCUT2D eigenvalue weighted by Crippen LogP contribution is -2.10. The summed E-state index contributed by atoms with van der Waals surface area (Å²) in [7, 11) is 2.63. The fraction of sp³-hybridized carbons (Fsp3) is 0.267. The SMILES string of the molecule is COc1cc(/C=N\Nc2nc(C)cc(=O)[nH]2)cc(OC)c1OC(F)F. The predicted octanol–water partition coefficient (Wildman–Crippen LogP) is 2.14. The number of H-pyrrole nitrogens is 1. The van der Waals surface area contributed by atoms with Crippen molar-refractivity contribution in [2.24, 2.45) is 5.10 Å². The molecule has 2 N–H and O–H groups in total. The van der Waals surface area contributed by atoms with E-state index in [1.807, 2.05) is 0 Å². The molecule has 0 saturated heterocycles. The van der Waals surface area contributed by atoms with Crippen molar-refractivity contribution in [1.82, 2.24) is 9.97 Å². The highest BCUT2D eigenvalue weighted by atomic mass is 19.3. The van der Waals surface area contributed by atoms with Crippen molar-refractivity contribution in [3.63, 3.8) is 0 Å². The molecule has 0 saturated carbocycles. The van der Waals surface area contributed by atoms with E-state index in [0.29, 0.717) is 11.3 Å². The Morgan fingerprint density at radius 1 is 1.24 bits per heavy atom. The molecule has 25 heavy (non-hydrogen) atoms. The summed E-state index contributed by atoms with van der Waals surface area (Å²) in [6.07, 6.45) is 1.37. The summed E-state index contributed by atoms with van der Waals surface area (Å²) in [5, 5.41) is 3.93. The average molecular weight is 354 g/mol. The third-order valence-electron chi connectivity index (χ3n) is 2.94. The molecule has 8 nitrogen and oxygen atoms in total. The van der Waals surface area contributed by atoms with Gasteiger partial charge in [-0.05, 0) is 19.1 Å². The van der Waals surface area contributed by atoms with Gasteiger partial charge in [-0.15, -0.1) is 0 Å². The van der Waals surface area contributed by atoms with E-state index >= 15 is 0 Å². The molecule has 2 rings (SSSR count). The van der Waals surface area contributed by atoms with E-state index in [2.05, 4.69) is 25.2 Å². The van der Waals surface area contributed by atoms with Crippen LogP contribution >= 0.6 is 0 Å². The van der Waals surface area contributed by atoms with Gasteiger partial charge in [0.25, 0.3) is 5.56 Å². The van der Waals surface area contributed by atoms with Gasteiger partial charge in [0.2, 0.25) is 11.7 Å². The van der Waals surface area contributed by atoms with E-state index < -0.39 is 6.61 Å². The first-order valence-electron chi connectivity index (χ1n) is 7.00. The minimum absolute atomic E-state index is 0.0585. The van der Waals surface area contributed by atoms with E-state index in [-0.39, 0.29) is 28.8 Å². The maximum absolute atomic E-state index is 12.5. The number of alkyl halides is 2. The standard InChI is InChI=1S/C15H16F2N4O4/c1-8-4-12(22)20-15(19-8)21-18-7-9-5-10(23-2)13(25-14(16)17)11(6-9)24-3/h4-7,14H,1-3H3,(H2,19,20,21,22)/b18-7-. The van der Waals surface area contributed by atoms with Gasteiger partial charge in [0.05, 0.1) is 20.4 Å². The van der Waals surface area contributed by atoms with Crippen LogP contribution < -0.4 is 25.2 Å². The quantitative estimate of drug-likeness (QED) is 0.584. The lowest BCUT2D eigenvalue weighted by Gasteiger charge is -2.14. The van der Waals surface area contributed by atoms with Crippen LogP contribution in [0.25, 0.3) is 0 Å². The molecule has 0 atom stereocenters. The third kappa shape index (κ3) is 4.90. The number of aromatic nitrogens is 2. The molecule has 0 aliphatic carbocycles. The third-order valence-corrected chi connectivity index (χ3v) is 2.94. The molecule has 0 aliphatic heterocycles. The van der Waals surface area contributed by atoms with Gasteiger partial charge in [0.15, 0.2) is 11.5 Å². The van der Waals surface area contributed by atoms with Crippen LogP contribution in [0.3, 0.4) is 0 Å². The minimum Gasteiger partial charge on any atom is -0.493 e. The van der Waals surface area contributed by atoms with E-state index in [1.54, 1.807) is 6.92 Å². The van der Waals surface area contributed by atoms with E-state index in [9.17, 15) is 13.6 Å². The van der Waals surface area contributed by atoms with E-state index in [4.69, 9.17) is 9.47 Å². The highest BCUT2D eigenvalue weighted by Gasteiger charge is 2.17. The number of aryl methyl sites for hydroxylation is 1. The Morgan fingerprint density at radius 2 is 1.88 bits per heavy atom. The predicted molar refractivity (Wildman–Crippen MR) is 87.0 cm³/mol. The van der Waals surface area contributed by atoms with Crippen molar-refractivity contribution >= 4 is 12.2 Å².